The largest absolute Gasteiger partial charge is 0.330 e. The molecule has 1 aliphatic rings. The molecule has 0 unspecified atom stereocenters. The first-order valence-electron chi connectivity index (χ1n) is 7.13. The number of aromatic nitrogens is 1. The Morgan fingerprint density at radius 1 is 1.27 bits per heavy atom. The molecule has 22 heavy (non-hydrogen) atoms. The predicted molar refractivity (Wildman–Crippen MR) is 94.8 cm³/mol. The molecule has 6 heteroatoms. The zero-order valence-electron chi connectivity index (χ0n) is 12.2. The number of nitrogens with zero attached hydrogens (tertiary/aromatic N) is 1. The lowest BCUT2D eigenvalue weighted by Crippen LogP contribution is -2.29. The number of nitrogens with two attached hydrogens (primary N) is 1. The van der Waals surface area contributed by atoms with Gasteiger partial charge in [0.1, 0.15) is 0 Å². The molecule has 1 fully saturated rings. The van der Waals surface area contributed by atoms with E-state index in [9.17, 15) is 4.79 Å². The summed E-state index contributed by atoms with van der Waals surface area (Å²) in [5, 5.41) is 4.05. The van der Waals surface area contributed by atoms with Gasteiger partial charge in [0.15, 0.2) is 0 Å². The van der Waals surface area contributed by atoms with E-state index in [1.165, 1.54) is 0 Å². The average molecular weight is 342 g/mol. The first-order valence-corrected chi connectivity index (χ1v) is 7.13. The van der Waals surface area contributed by atoms with Gasteiger partial charge in [-0.1, -0.05) is 12.5 Å². The molecule has 120 valence electrons. The minimum absolute atomic E-state index is 0. The van der Waals surface area contributed by atoms with Gasteiger partial charge in [0.05, 0.1) is 5.52 Å². The van der Waals surface area contributed by atoms with Gasteiger partial charge in [0.25, 0.3) is 0 Å². The zero-order chi connectivity index (χ0) is 13.9. The predicted octanol–water partition coefficient (Wildman–Crippen LogP) is 3.39. The van der Waals surface area contributed by atoms with Crippen molar-refractivity contribution in [1.82, 2.24) is 4.98 Å². The molecule has 3 N–H and O–H groups in total. The lowest BCUT2D eigenvalue weighted by molar-refractivity contribution is -0.120. The van der Waals surface area contributed by atoms with E-state index in [2.05, 4.69) is 10.3 Å². The fraction of sp³-hybridized carbons (Fsp3) is 0.375. The lowest BCUT2D eigenvalue weighted by atomic mass is 9.95. The van der Waals surface area contributed by atoms with Crippen molar-refractivity contribution in [3.05, 3.63) is 36.5 Å². The van der Waals surface area contributed by atoms with Crippen molar-refractivity contribution in [2.45, 2.75) is 19.3 Å². The van der Waals surface area contributed by atoms with E-state index in [4.69, 9.17) is 5.73 Å². The number of anilines is 1. The van der Waals surface area contributed by atoms with Gasteiger partial charge in [0.2, 0.25) is 5.91 Å². The third-order valence-electron chi connectivity index (χ3n) is 4.17. The fourth-order valence-electron chi connectivity index (χ4n) is 3.05. The topological polar surface area (TPSA) is 68.0 Å². The van der Waals surface area contributed by atoms with E-state index >= 15 is 0 Å². The third-order valence-corrected chi connectivity index (χ3v) is 4.17. The summed E-state index contributed by atoms with van der Waals surface area (Å²) in [6, 6.07) is 9.69. The van der Waals surface area contributed by atoms with Crippen LogP contribution in [0.25, 0.3) is 10.9 Å². The van der Waals surface area contributed by atoms with Gasteiger partial charge >= 0.3 is 0 Å². The van der Waals surface area contributed by atoms with Gasteiger partial charge < -0.3 is 11.1 Å². The molecule has 0 radical (unpaired) electrons. The number of hydrogen-bond donors (Lipinski definition) is 2. The van der Waals surface area contributed by atoms with Crippen molar-refractivity contribution < 1.29 is 4.79 Å². The second-order valence-electron chi connectivity index (χ2n) is 5.43. The third kappa shape index (κ3) is 3.88. The molecular weight excluding hydrogens is 321 g/mol. The average Bonchev–Trinajstić information content (AvgIpc) is 2.95. The number of nitrogens with one attached hydrogen (secondary N) is 1. The van der Waals surface area contributed by atoms with Crippen molar-refractivity contribution in [3.63, 3.8) is 0 Å². The van der Waals surface area contributed by atoms with Gasteiger partial charge in [-0.25, -0.2) is 0 Å². The quantitative estimate of drug-likeness (QED) is 0.898. The molecule has 0 bridgehead atoms. The maximum Gasteiger partial charge on any atom is 0.227 e. The second-order valence-corrected chi connectivity index (χ2v) is 5.43. The number of rotatable bonds is 3. The van der Waals surface area contributed by atoms with E-state index in [0.29, 0.717) is 12.5 Å². The highest BCUT2D eigenvalue weighted by Crippen LogP contribution is 2.32. The monoisotopic (exact) mass is 341 g/mol. The molecule has 3 rings (SSSR count). The molecule has 0 aliphatic heterocycles. The fourth-order valence-corrected chi connectivity index (χ4v) is 3.05. The van der Waals surface area contributed by atoms with Crippen LogP contribution >= 0.6 is 24.8 Å². The Hall–Kier alpha value is -1.36. The van der Waals surface area contributed by atoms with Gasteiger partial charge in [-0.3, -0.25) is 9.78 Å². The van der Waals surface area contributed by atoms with E-state index in [-0.39, 0.29) is 36.6 Å². The molecule has 2 aromatic rings. The lowest BCUT2D eigenvalue weighted by Gasteiger charge is -2.17. The van der Waals surface area contributed by atoms with Crippen LogP contribution in [0.4, 0.5) is 5.69 Å². The van der Waals surface area contributed by atoms with Crippen LogP contribution in [0, 0.1) is 11.8 Å². The van der Waals surface area contributed by atoms with Crippen molar-refractivity contribution >= 4 is 47.3 Å². The number of hydrogen-bond acceptors (Lipinski definition) is 3. The minimum Gasteiger partial charge on any atom is -0.330 e. The molecule has 1 aliphatic carbocycles. The van der Waals surface area contributed by atoms with E-state index < -0.39 is 0 Å². The van der Waals surface area contributed by atoms with Crippen molar-refractivity contribution in [2.24, 2.45) is 17.6 Å². The Balaban J connectivity index is 0.00000121. The van der Waals surface area contributed by atoms with Crippen LogP contribution in [0.3, 0.4) is 0 Å². The first kappa shape index (κ1) is 18.7. The van der Waals surface area contributed by atoms with Crippen LogP contribution in [0.1, 0.15) is 19.3 Å². The minimum atomic E-state index is 0. The Morgan fingerprint density at radius 2 is 2.09 bits per heavy atom. The van der Waals surface area contributed by atoms with Crippen LogP contribution in [-0.2, 0) is 4.79 Å². The van der Waals surface area contributed by atoms with Gasteiger partial charge in [-0.05, 0) is 49.6 Å². The summed E-state index contributed by atoms with van der Waals surface area (Å²) in [5.74, 6) is 0.489. The number of pyridine rings is 1. The van der Waals surface area contributed by atoms with Crippen molar-refractivity contribution in [2.75, 3.05) is 11.9 Å². The zero-order valence-corrected chi connectivity index (χ0v) is 13.8. The van der Waals surface area contributed by atoms with Gasteiger partial charge in [-0.15, -0.1) is 24.8 Å². The van der Waals surface area contributed by atoms with Crippen molar-refractivity contribution in [1.29, 1.82) is 0 Å². The highest BCUT2D eigenvalue weighted by atomic mass is 35.5. The molecule has 1 saturated carbocycles. The number of halogens is 2. The SMILES string of the molecule is Cl.Cl.NC[C@H]1CCC[C@H]1C(=O)Nc1ccc2ncccc2c1. The summed E-state index contributed by atoms with van der Waals surface area (Å²) in [4.78, 5) is 16.6. The summed E-state index contributed by atoms with van der Waals surface area (Å²) in [5.41, 5.74) is 7.51. The molecule has 2 atom stereocenters. The Bertz CT molecular complexity index is 636. The highest BCUT2D eigenvalue weighted by molar-refractivity contribution is 5.95. The molecule has 0 spiro atoms. The van der Waals surface area contributed by atoms with E-state index in [0.717, 1.165) is 35.9 Å². The molecule has 0 saturated heterocycles. The van der Waals surface area contributed by atoms with Crippen LogP contribution < -0.4 is 11.1 Å². The smallest absolute Gasteiger partial charge is 0.227 e. The normalized spacial score (nSPS) is 20.0. The molecule has 1 heterocycles. The Morgan fingerprint density at radius 3 is 2.86 bits per heavy atom. The highest BCUT2D eigenvalue weighted by Gasteiger charge is 2.31. The Kier molecular flexibility index (Phi) is 7.07. The van der Waals surface area contributed by atoms with E-state index in [1.54, 1.807) is 6.20 Å². The summed E-state index contributed by atoms with van der Waals surface area (Å²) >= 11 is 0. The number of carbonyl (C=O) groups excluding carboxylic acids is 1. The molecule has 1 aromatic heterocycles. The summed E-state index contributed by atoms with van der Waals surface area (Å²) in [6.07, 6.45) is 4.88. The Labute approximate surface area is 142 Å². The number of benzene rings is 1. The summed E-state index contributed by atoms with van der Waals surface area (Å²) in [6.45, 7) is 0.597. The van der Waals surface area contributed by atoms with Crippen LogP contribution in [0.5, 0.6) is 0 Å². The van der Waals surface area contributed by atoms with Gasteiger partial charge in [-0.2, -0.15) is 0 Å². The number of carbonyl (C=O) groups is 1. The van der Waals surface area contributed by atoms with Gasteiger partial charge in [0, 0.05) is 23.2 Å². The summed E-state index contributed by atoms with van der Waals surface area (Å²) in [7, 11) is 0. The van der Waals surface area contributed by atoms with Crippen LogP contribution in [0.2, 0.25) is 0 Å². The van der Waals surface area contributed by atoms with Crippen LogP contribution in [-0.4, -0.2) is 17.4 Å². The van der Waals surface area contributed by atoms with Crippen molar-refractivity contribution in [3.8, 4) is 0 Å². The van der Waals surface area contributed by atoms with Crippen LogP contribution in [0.15, 0.2) is 36.5 Å². The molecular formula is C16H21Cl2N3O. The van der Waals surface area contributed by atoms with E-state index in [1.807, 2.05) is 30.3 Å². The number of amides is 1. The molecule has 1 amide bonds. The maximum absolute atomic E-state index is 12.3. The maximum atomic E-state index is 12.3. The standard InChI is InChI=1S/C16H19N3O.2ClH/c17-10-12-3-1-5-14(12)16(20)19-13-6-7-15-11(9-13)4-2-8-18-15;;/h2,4,6-9,12,14H,1,3,5,10,17H2,(H,19,20);2*1H/t12-,14-;;/m1../s1. The second kappa shape index (κ2) is 8.32. The first-order chi connectivity index (χ1) is 9.78. The number of fused-ring (bicyclic) bond motifs is 1. The molecule has 1 aromatic carbocycles. The molecule has 4 nitrogen and oxygen atoms in total. The summed E-state index contributed by atoms with van der Waals surface area (Å²) < 4.78 is 0.